The molecule has 0 bridgehead atoms. The van der Waals surface area contributed by atoms with Gasteiger partial charge in [0.25, 0.3) is 0 Å². The summed E-state index contributed by atoms with van der Waals surface area (Å²) in [5.41, 5.74) is -0.993. The van der Waals surface area contributed by atoms with Crippen LogP contribution in [0.25, 0.3) is 11.1 Å². The summed E-state index contributed by atoms with van der Waals surface area (Å²) in [5.74, 6) is -0.304. The fraction of sp³-hybridized carbons (Fsp3) is 0.0667. The Morgan fingerprint density at radius 1 is 0.955 bits per heavy atom. The van der Waals surface area contributed by atoms with Crippen molar-refractivity contribution in [2.45, 2.75) is 6.18 Å². The first-order valence-corrected chi connectivity index (χ1v) is 6.61. The molecule has 110 valence electrons. The van der Waals surface area contributed by atoms with Crippen LogP contribution in [-0.2, 0) is 6.18 Å². The molecule has 1 N–H and O–H groups in total. The number of rotatable bonds is 1. The number of hydrogen-bond acceptors (Lipinski definition) is 3. The molecule has 0 saturated heterocycles. The summed E-state index contributed by atoms with van der Waals surface area (Å²) in [6.45, 7) is 0. The van der Waals surface area contributed by atoms with Crippen LogP contribution in [0.4, 0.5) is 13.2 Å². The van der Waals surface area contributed by atoms with Gasteiger partial charge < -0.3 is 5.11 Å². The lowest BCUT2D eigenvalue weighted by Crippen LogP contribution is -2.05. The largest absolute Gasteiger partial charge is 0.506 e. The number of phenols is 1. The van der Waals surface area contributed by atoms with E-state index in [1.807, 2.05) is 6.07 Å². The Bertz CT molecular complexity index is 832. The minimum atomic E-state index is -4.62. The van der Waals surface area contributed by atoms with E-state index in [1.165, 1.54) is 18.2 Å². The molecule has 22 heavy (non-hydrogen) atoms. The van der Waals surface area contributed by atoms with Crippen molar-refractivity contribution in [2.75, 3.05) is 0 Å². The highest BCUT2D eigenvalue weighted by atomic mass is 79.9. The van der Waals surface area contributed by atoms with Gasteiger partial charge in [0.2, 0.25) is 0 Å². The van der Waals surface area contributed by atoms with Crippen LogP contribution < -0.4 is 0 Å². The van der Waals surface area contributed by atoms with Crippen molar-refractivity contribution >= 4 is 15.9 Å². The number of nitriles is 2. The lowest BCUT2D eigenvalue weighted by molar-refractivity contribution is -0.137. The third-order valence-electron chi connectivity index (χ3n) is 2.89. The zero-order chi connectivity index (χ0) is 16.5. The molecular weight excluding hydrogens is 361 g/mol. The van der Waals surface area contributed by atoms with Gasteiger partial charge in [0.15, 0.2) is 0 Å². The fourth-order valence-electron chi connectivity index (χ4n) is 1.89. The molecular formula is C15H6BrF3N2O. The van der Waals surface area contributed by atoms with E-state index in [1.54, 1.807) is 6.07 Å². The standard InChI is InChI=1S/C15H6BrF3N2O/c16-13-4-9(7-21)3-12(14(13)22)10-1-8(6-20)2-11(5-10)15(17,18)19/h1-5,22H. The van der Waals surface area contributed by atoms with Gasteiger partial charge in [-0.15, -0.1) is 0 Å². The van der Waals surface area contributed by atoms with Gasteiger partial charge in [-0.3, -0.25) is 0 Å². The van der Waals surface area contributed by atoms with Gasteiger partial charge in [0.1, 0.15) is 5.75 Å². The molecule has 0 amide bonds. The van der Waals surface area contributed by atoms with Crippen molar-refractivity contribution < 1.29 is 18.3 Å². The van der Waals surface area contributed by atoms with Crippen molar-refractivity contribution in [3.63, 3.8) is 0 Å². The summed E-state index contributed by atoms with van der Waals surface area (Å²) in [6.07, 6.45) is -4.62. The van der Waals surface area contributed by atoms with Crippen LogP contribution in [0.5, 0.6) is 5.75 Å². The second-order valence-electron chi connectivity index (χ2n) is 4.37. The third-order valence-corrected chi connectivity index (χ3v) is 3.50. The van der Waals surface area contributed by atoms with Crippen molar-refractivity contribution in [1.82, 2.24) is 0 Å². The molecule has 0 aliphatic carbocycles. The first-order chi connectivity index (χ1) is 10.3. The van der Waals surface area contributed by atoms with Crippen LogP contribution >= 0.6 is 15.9 Å². The van der Waals surface area contributed by atoms with Gasteiger partial charge in [-0.25, -0.2) is 0 Å². The number of aromatic hydroxyl groups is 1. The summed E-state index contributed by atoms with van der Waals surface area (Å²) in [5, 5.41) is 27.8. The Labute approximate surface area is 132 Å². The van der Waals surface area contributed by atoms with E-state index in [0.717, 1.165) is 12.1 Å². The van der Waals surface area contributed by atoms with Gasteiger partial charge in [-0.1, -0.05) is 0 Å². The molecule has 2 aromatic carbocycles. The topological polar surface area (TPSA) is 67.8 Å². The van der Waals surface area contributed by atoms with E-state index in [9.17, 15) is 18.3 Å². The van der Waals surface area contributed by atoms with E-state index in [2.05, 4.69) is 15.9 Å². The monoisotopic (exact) mass is 366 g/mol. The van der Waals surface area contributed by atoms with E-state index >= 15 is 0 Å². The minimum absolute atomic E-state index is 0.00155. The average Bonchev–Trinajstić information content (AvgIpc) is 2.48. The van der Waals surface area contributed by atoms with Crippen LogP contribution in [0, 0.1) is 22.7 Å². The Morgan fingerprint density at radius 3 is 2.09 bits per heavy atom. The quantitative estimate of drug-likeness (QED) is 0.802. The SMILES string of the molecule is N#Cc1cc(-c2cc(C#N)cc(Br)c2O)cc(C(F)(F)F)c1. The maximum atomic E-state index is 12.9. The number of phenolic OH excluding ortho intramolecular Hbond substituents is 1. The lowest BCUT2D eigenvalue weighted by atomic mass is 9.98. The molecule has 0 aliphatic heterocycles. The first kappa shape index (κ1) is 15.9. The molecule has 0 radical (unpaired) electrons. The number of halogens is 4. The number of benzene rings is 2. The second-order valence-corrected chi connectivity index (χ2v) is 5.23. The molecule has 0 heterocycles. The van der Waals surface area contributed by atoms with Gasteiger partial charge in [-0.2, -0.15) is 23.7 Å². The van der Waals surface area contributed by atoms with Crippen LogP contribution in [0.1, 0.15) is 16.7 Å². The summed E-state index contributed by atoms with van der Waals surface area (Å²) in [6, 6.07) is 8.88. The normalized spacial score (nSPS) is 10.8. The number of nitrogens with zero attached hydrogens (tertiary/aromatic N) is 2. The smallest absolute Gasteiger partial charge is 0.416 e. The molecule has 0 fully saturated rings. The number of hydrogen-bond donors (Lipinski definition) is 1. The highest BCUT2D eigenvalue weighted by Gasteiger charge is 2.31. The third kappa shape index (κ3) is 3.05. The van der Waals surface area contributed by atoms with Crippen LogP contribution in [-0.4, -0.2) is 5.11 Å². The van der Waals surface area contributed by atoms with E-state index in [0.29, 0.717) is 0 Å². The Morgan fingerprint density at radius 2 is 1.55 bits per heavy atom. The molecule has 0 unspecified atom stereocenters. The van der Waals surface area contributed by atoms with Gasteiger partial charge in [0, 0.05) is 5.56 Å². The Kier molecular flexibility index (Phi) is 4.11. The van der Waals surface area contributed by atoms with E-state index in [4.69, 9.17) is 10.5 Å². The van der Waals surface area contributed by atoms with Gasteiger partial charge >= 0.3 is 6.18 Å². The highest BCUT2D eigenvalue weighted by Crippen LogP contribution is 2.39. The van der Waals surface area contributed by atoms with Crippen molar-refractivity contribution in [3.8, 4) is 29.0 Å². The zero-order valence-corrected chi connectivity index (χ0v) is 12.3. The Balaban J connectivity index is 2.76. The van der Waals surface area contributed by atoms with Crippen LogP contribution in [0.2, 0.25) is 0 Å². The summed E-state index contributed by atoms with van der Waals surface area (Å²) < 4.78 is 38.9. The lowest BCUT2D eigenvalue weighted by Gasteiger charge is -2.12. The second kappa shape index (κ2) is 5.70. The van der Waals surface area contributed by atoms with Crippen LogP contribution in [0.15, 0.2) is 34.8 Å². The highest BCUT2D eigenvalue weighted by molar-refractivity contribution is 9.10. The summed E-state index contributed by atoms with van der Waals surface area (Å²) >= 11 is 3.04. The molecule has 2 rings (SSSR count). The van der Waals surface area contributed by atoms with Crippen molar-refractivity contribution in [1.29, 1.82) is 10.5 Å². The van der Waals surface area contributed by atoms with Crippen molar-refractivity contribution in [2.24, 2.45) is 0 Å². The average molecular weight is 367 g/mol. The summed E-state index contributed by atoms with van der Waals surface area (Å²) in [7, 11) is 0. The summed E-state index contributed by atoms with van der Waals surface area (Å²) in [4.78, 5) is 0. The molecule has 0 atom stereocenters. The molecule has 0 spiro atoms. The minimum Gasteiger partial charge on any atom is -0.506 e. The molecule has 3 nitrogen and oxygen atoms in total. The predicted molar refractivity (Wildman–Crippen MR) is 75.7 cm³/mol. The van der Waals surface area contributed by atoms with Crippen LogP contribution in [0.3, 0.4) is 0 Å². The Hall–Kier alpha value is -2.51. The van der Waals surface area contributed by atoms with Crippen molar-refractivity contribution in [3.05, 3.63) is 51.5 Å². The predicted octanol–water partition coefficient (Wildman–Crippen LogP) is 4.58. The first-order valence-electron chi connectivity index (χ1n) is 5.81. The molecule has 0 aliphatic rings. The molecule has 0 aromatic heterocycles. The number of alkyl halides is 3. The molecule has 2 aromatic rings. The van der Waals surface area contributed by atoms with E-state index < -0.39 is 11.7 Å². The fourth-order valence-corrected chi connectivity index (χ4v) is 2.36. The zero-order valence-electron chi connectivity index (χ0n) is 10.7. The van der Waals surface area contributed by atoms with Gasteiger partial charge in [0.05, 0.1) is 33.3 Å². The molecule has 7 heteroatoms. The maximum absolute atomic E-state index is 12.9. The van der Waals surface area contributed by atoms with E-state index in [-0.39, 0.29) is 32.5 Å². The molecule has 0 saturated carbocycles. The maximum Gasteiger partial charge on any atom is 0.416 e. The van der Waals surface area contributed by atoms with Gasteiger partial charge in [-0.05, 0) is 51.8 Å².